The molecule has 4 nitrogen and oxygen atoms in total. The number of thiazole rings is 1. The van der Waals surface area contributed by atoms with Crippen molar-refractivity contribution in [3.8, 4) is 11.5 Å². The predicted molar refractivity (Wildman–Crippen MR) is 48.6 cm³/mol. The summed E-state index contributed by atoms with van der Waals surface area (Å²) in [6.45, 7) is 0. The van der Waals surface area contributed by atoms with Crippen LogP contribution in [0.2, 0.25) is 0 Å². The van der Waals surface area contributed by atoms with Crippen LogP contribution in [0.5, 0.6) is 0 Å². The minimum absolute atomic E-state index is 0.528. The number of rotatable bonds is 1. The molecule has 0 spiro atoms. The van der Waals surface area contributed by atoms with E-state index < -0.39 is 0 Å². The molecule has 0 aliphatic carbocycles. The highest BCUT2D eigenvalue weighted by atomic mass is 79.9. The fraction of sp³-hybridized carbons (Fsp3) is 0. The minimum atomic E-state index is 0.528. The molecule has 0 N–H and O–H groups in total. The topological polar surface area (TPSA) is 51.6 Å². The Hall–Kier alpha value is -0.880. The molecule has 2 aromatic rings. The maximum atomic E-state index is 4.07. The molecule has 2 aromatic heterocycles. The molecule has 0 amide bonds. The van der Waals surface area contributed by atoms with Crippen LogP contribution in [0, 0.1) is 0 Å². The van der Waals surface area contributed by atoms with Gasteiger partial charge in [0.1, 0.15) is 12.0 Å². The van der Waals surface area contributed by atoms with Gasteiger partial charge in [-0.3, -0.25) is 0 Å². The van der Waals surface area contributed by atoms with E-state index in [1.807, 2.05) is 5.38 Å². The van der Waals surface area contributed by atoms with Crippen molar-refractivity contribution in [3.05, 3.63) is 22.0 Å². The summed E-state index contributed by atoms with van der Waals surface area (Å²) in [7, 11) is 0. The van der Waals surface area contributed by atoms with Crippen molar-refractivity contribution in [2.75, 3.05) is 0 Å². The third-order valence-electron chi connectivity index (χ3n) is 1.20. The molecule has 0 saturated carbocycles. The van der Waals surface area contributed by atoms with Crippen LogP contribution in [0.1, 0.15) is 0 Å². The van der Waals surface area contributed by atoms with Gasteiger partial charge in [-0.15, -0.1) is 11.3 Å². The first-order chi connectivity index (χ1) is 5.86. The molecule has 0 fully saturated rings. The number of halogens is 1. The van der Waals surface area contributed by atoms with Crippen molar-refractivity contribution in [1.29, 1.82) is 0 Å². The third-order valence-corrected chi connectivity index (χ3v) is 2.17. The molecule has 0 saturated heterocycles. The Kier molecular flexibility index (Phi) is 2.09. The summed E-state index contributed by atoms with van der Waals surface area (Å²) in [5, 5.41) is 1.89. The highest BCUT2D eigenvalue weighted by molar-refractivity contribution is 9.10. The number of hydrogen-bond donors (Lipinski definition) is 0. The molecule has 0 aliphatic heterocycles. The molecular weight excluding hydrogens is 240 g/mol. The summed E-state index contributed by atoms with van der Waals surface area (Å²) < 4.78 is 0.528. The lowest BCUT2D eigenvalue weighted by Crippen LogP contribution is -1.90. The SMILES string of the molecule is Brc1ncnc(-c2cscn2)n1. The van der Waals surface area contributed by atoms with Gasteiger partial charge in [0.2, 0.25) is 0 Å². The van der Waals surface area contributed by atoms with E-state index in [4.69, 9.17) is 0 Å². The smallest absolute Gasteiger partial charge is 0.200 e. The number of hydrogen-bond acceptors (Lipinski definition) is 5. The molecule has 0 atom stereocenters. The molecule has 0 bridgehead atoms. The summed E-state index contributed by atoms with van der Waals surface area (Å²) in [5.74, 6) is 0.595. The lowest BCUT2D eigenvalue weighted by molar-refractivity contribution is 1.01. The first kappa shape index (κ1) is 7.75. The maximum Gasteiger partial charge on any atom is 0.200 e. The van der Waals surface area contributed by atoms with Gasteiger partial charge in [-0.05, 0) is 15.9 Å². The summed E-state index contributed by atoms with van der Waals surface area (Å²) in [6, 6.07) is 0. The van der Waals surface area contributed by atoms with Gasteiger partial charge in [-0.1, -0.05) is 0 Å². The molecule has 2 rings (SSSR count). The molecule has 12 heavy (non-hydrogen) atoms. The normalized spacial score (nSPS) is 10.1. The van der Waals surface area contributed by atoms with E-state index in [1.165, 1.54) is 17.7 Å². The average molecular weight is 243 g/mol. The standard InChI is InChI=1S/C6H3BrN4S/c7-6-9-2-8-5(11-6)4-1-12-3-10-4/h1-3H. The summed E-state index contributed by atoms with van der Waals surface area (Å²) in [6.07, 6.45) is 1.45. The molecule has 0 aromatic carbocycles. The van der Waals surface area contributed by atoms with Crippen LogP contribution in [0.15, 0.2) is 22.0 Å². The summed E-state index contributed by atoms with van der Waals surface area (Å²) >= 11 is 4.67. The second-order valence-electron chi connectivity index (χ2n) is 1.95. The van der Waals surface area contributed by atoms with E-state index >= 15 is 0 Å². The zero-order chi connectivity index (χ0) is 8.39. The zero-order valence-corrected chi connectivity index (χ0v) is 8.21. The molecule has 6 heteroatoms. The van der Waals surface area contributed by atoms with Crippen molar-refractivity contribution in [3.63, 3.8) is 0 Å². The fourth-order valence-corrected chi connectivity index (χ4v) is 1.51. The molecule has 0 unspecified atom stereocenters. The highest BCUT2D eigenvalue weighted by Gasteiger charge is 2.02. The van der Waals surface area contributed by atoms with Gasteiger partial charge in [0.25, 0.3) is 0 Å². The van der Waals surface area contributed by atoms with Gasteiger partial charge < -0.3 is 0 Å². The largest absolute Gasteiger partial charge is 0.241 e. The molecular formula is C6H3BrN4S. The number of aromatic nitrogens is 4. The Morgan fingerprint density at radius 1 is 1.25 bits per heavy atom. The van der Waals surface area contributed by atoms with E-state index in [0.717, 1.165) is 5.69 Å². The van der Waals surface area contributed by atoms with Crippen LogP contribution < -0.4 is 0 Å². The second kappa shape index (κ2) is 3.24. The van der Waals surface area contributed by atoms with E-state index in [0.29, 0.717) is 10.6 Å². The van der Waals surface area contributed by atoms with Crippen LogP contribution in [0.3, 0.4) is 0 Å². The van der Waals surface area contributed by atoms with E-state index in [-0.39, 0.29) is 0 Å². The Morgan fingerprint density at radius 3 is 2.83 bits per heavy atom. The van der Waals surface area contributed by atoms with Crippen molar-refractivity contribution in [1.82, 2.24) is 19.9 Å². The van der Waals surface area contributed by atoms with Crippen molar-refractivity contribution >= 4 is 27.3 Å². The summed E-state index contributed by atoms with van der Waals surface area (Å²) in [4.78, 5) is 15.9. The van der Waals surface area contributed by atoms with Gasteiger partial charge in [-0.2, -0.15) is 0 Å². The van der Waals surface area contributed by atoms with Gasteiger partial charge in [0.05, 0.1) is 5.51 Å². The molecule has 2 heterocycles. The van der Waals surface area contributed by atoms with Crippen molar-refractivity contribution in [2.45, 2.75) is 0 Å². The number of nitrogens with zero attached hydrogens (tertiary/aromatic N) is 4. The van der Waals surface area contributed by atoms with Crippen LogP contribution in [0.25, 0.3) is 11.5 Å². The zero-order valence-electron chi connectivity index (χ0n) is 5.81. The predicted octanol–water partition coefficient (Wildman–Crippen LogP) is 1.76. The van der Waals surface area contributed by atoms with Crippen LogP contribution in [-0.4, -0.2) is 19.9 Å². The Bertz CT molecular complexity index is 375. The minimum Gasteiger partial charge on any atom is -0.241 e. The Balaban J connectivity index is 2.48. The lowest BCUT2D eigenvalue weighted by atomic mass is 10.5. The molecule has 0 radical (unpaired) electrons. The van der Waals surface area contributed by atoms with Crippen molar-refractivity contribution in [2.24, 2.45) is 0 Å². The van der Waals surface area contributed by atoms with Gasteiger partial charge >= 0.3 is 0 Å². The molecule has 0 aliphatic rings. The fourth-order valence-electron chi connectivity index (χ4n) is 0.723. The first-order valence-corrected chi connectivity index (χ1v) is 4.83. The van der Waals surface area contributed by atoms with E-state index in [1.54, 1.807) is 5.51 Å². The van der Waals surface area contributed by atoms with Crippen LogP contribution in [-0.2, 0) is 0 Å². The monoisotopic (exact) mass is 242 g/mol. The van der Waals surface area contributed by atoms with Gasteiger partial charge in [0, 0.05) is 5.38 Å². The van der Waals surface area contributed by atoms with Crippen LogP contribution in [0.4, 0.5) is 0 Å². The second-order valence-corrected chi connectivity index (χ2v) is 3.38. The highest BCUT2D eigenvalue weighted by Crippen LogP contribution is 2.14. The first-order valence-electron chi connectivity index (χ1n) is 3.09. The van der Waals surface area contributed by atoms with Crippen LogP contribution >= 0.6 is 27.3 Å². The van der Waals surface area contributed by atoms with E-state index in [2.05, 4.69) is 35.9 Å². The van der Waals surface area contributed by atoms with Crippen molar-refractivity contribution < 1.29 is 0 Å². The van der Waals surface area contributed by atoms with Gasteiger partial charge in [0.15, 0.2) is 10.6 Å². The average Bonchev–Trinajstić information content (AvgIpc) is 2.56. The quantitative estimate of drug-likeness (QED) is 0.765. The Morgan fingerprint density at radius 2 is 2.17 bits per heavy atom. The maximum absolute atomic E-state index is 4.07. The molecule has 60 valence electrons. The summed E-state index contributed by atoms with van der Waals surface area (Å²) in [5.41, 5.74) is 2.52. The lowest BCUT2D eigenvalue weighted by Gasteiger charge is -1.92. The van der Waals surface area contributed by atoms with E-state index in [9.17, 15) is 0 Å². The van der Waals surface area contributed by atoms with Gasteiger partial charge in [-0.25, -0.2) is 19.9 Å². The third kappa shape index (κ3) is 1.49. The Labute approximate surface area is 80.9 Å².